The van der Waals surface area contributed by atoms with Gasteiger partial charge >= 0.3 is 0 Å². The van der Waals surface area contributed by atoms with Crippen LogP contribution in [0.25, 0.3) is 0 Å². The van der Waals surface area contributed by atoms with E-state index in [1.165, 1.54) is 15.3 Å². The third kappa shape index (κ3) is 2.85. The van der Waals surface area contributed by atoms with Gasteiger partial charge in [0.25, 0.3) is 0 Å². The molecular weight excluding hydrogens is 338 g/mol. The summed E-state index contributed by atoms with van der Waals surface area (Å²) in [6.07, 6.45) is 0. The Bertz CT molecular complexity index is 626. The molecule has 5 heteroatoms. The summed E-state index contributed by atoms with van der Waals surface area (Å²) in [6.45, 7) is 5.42. The third-order valence-electron chi connectivity index (χ3n) is 3.33. The molecule has 1 aromatic heterocycles. The van der Waals surface area contributed by atoms with E-state index >= 15 is 0 Å². The Labute approximate surface area is 131 Å². The minimum atomic E-state index is 0.309. The first-order chi connectivity index (χ1) is 9.63. The van der Waals surface area contributed by atoms with Crippen LogP contribution < -0.4 is 14.8 Å². The zero-order valence-electron chi connectivity index (χ0n) is 11.4. The standard InChI is InChI=1S/C15H16BrNO2S/c1-9-3-4-15(20-9)10(2)17-7-11-5-13-14(6-12(11)16)19-8-18-13/h3-6,10,17H,7-8H2,1-2H3. The predicted molar refractivity (Wildman–Crippen MR) is 84.6 cm³/mol. The fourth-order valence-corrected chi connectivity index (χ4v) is 3.51. The van der Waals surface area contributed by atoms with E-state index in [9.17, 15) is 0 Å². The molecule has 1 unspecified atom stereocenters. The number of hydrogen-bond acceptors (Lipinski definition) is 4. The number of fused-ring (bicyclic) bond motifs is 1. The van der Waals surface area contributed by atoms with Crippen molar-refractivity contribution < 1.29 is 9.47 Å². The second-order valence-corrected chi connectivity index (χ2v) is 7.02. The molecule has 0 aliphatic carbocycles. The molecular formula is C15H16BrNO2S. The van der Waals surface area contributed by atoms with Crippen LogP contribution in [0.1, 0.15) is 28.3 Å². The van der Waals surface area contributed by atoms with Gasteiger partial charge in [0.15, 0.2) is 11.5 Å². The lowest BCUT2D eigenvalue weighted by atomic mass is 10.2. The number of nitrogens with one attached hydrogen (secondary N) is 1. The van der Waals surface area contributed by atoms with E-state index in [2.05, 4.69) is 47.2 Å². The number of halogens is 1. The van der Waals surface area contributed by atoms with Crippen molar-refractivity contribution in [3.8, 4) is 11.5 Å². The first kappa shape index (κ1) is 13.9. The molecule has 0 spiro atoms. The molecule has 1 aromatic carbocycles. The van der Waals surface area contributed by atoms with Crippen LogP contribution in [0.3, 0.4) is 0 Å². The monoisotopic (exact) mass is 353 g/mol. The van der Waals surface area contributed by atoms with Crippen molar-refractivity contribution in [2.45, 2.75) is 26.4 Å². The first-order valence-electron chi connectivity index (χ1n) is 6.51. The van der Waals surface area contributed by atoms with E-state index in [0.717, 1.165) is 22.5 Å². The van der Waals surface area contributed by atoms with E-state index in [1.807, 2.05) is 23.5 Å². The van der Waals surface area contributed by atoms with Crippen LogP contribution in [0.2, 0.25) is 0 Å². The molecule has 1 aliphatic heterocycles. The maximum absolute atomic E-state index is 5.42. The van der Waals surface area contributed by atoms with Crippen molar-refractivity contribution in [2.24, 2.45) is 0 Å². The molecule has 0 amide bonds. The number of rotatable bonds is 4. The summed E-state index contributed by atoms with van der Waals surface area (Å²) in [7, 11) is 0. The zero-order valence-corrected chi connectivity index (χ0v) is 13.8. The molecule has 1 N–H and O–H groups in total. The molecule has 0 saturated heterocycles. The van der Waals surface area contributed by atoms with Crippen LogP contribution in [-0.4, -0.2) is 6.79 Å². The summed E-state index contributed by atoms with van der Waals surface area (Å²) < 4.78 is 11.8. The van der Waals surface area contributed by atoms with E-state index in [0.29, 0.717) is 12.8 Å². The number of hydrogen-bond donors (Lipinski definition) is 1. The average molecular weight is 354 g/mol. The van der Waals surface area contributed by atoms with E-state index < -0.39 is 0 Å². The second-order valence-electron chi connectivity index (χ2n) is 4.85. The summed E-state index contributed by atoms with van der Waals surface area (Å²) in [4.78, 5) is 2.71. The molecule has 20 heavy (non-hydrogen) atoms. The molecule has 3 rings (SSSR count). The molecule has 106 valence electrons. The minimum absolute atomic E-state index is 0.309. The highest BCUT2D eigenvalue weighted by molar-refractivity contribution is 9.10. The topological polar surface area (TPSA) is 30.5 Å². The van der Waals surface area contributed by atoms with Crippen LogP contribution in [0, 0.1) is 6.92 Å². The first-order valence-corrected chi connectivity index (χ1v) is 8.12. The smallest absolute Gasteiger partial charge is 0.231 e. The van der Waals surface area contributed by atoms with Crippen LogP contribution >= 0.6 is 27.3 Å². The number of thiophene rings is 1. The van der Waals surface area contributed by atoms with Crippen molar-refractivity contribution >= 4 is 27.3 Å². The largest absolute Gasteiger partial charge is 0.454 e. The van der Waals surface area contributed by atoms with Gasteiger partial charge in [-0.25, -0.2) is 0 Å². The van der Waals surface area contributed by atoms with Gasteiger partial charge < -0.3 is 14.8 Å². The fourth-order valence-electron chi connectivity index (χ4n) is 2.14. The molecule has 2 aromatic rings. The van der Waals surface area contributed by atoms with Crippen molar-refractivity contribution in [1.82, 2.24) is 5.32 Å². The van der Waals surface area contributed by atoms with Gasteiger partial charge in [-0.3, -0.25) is 0 Å². The van der Waals surface area contributed by atoms with Crippen LogP contribution in [-0.2, 0) is 6.54 Å². The highest BCUT2D eigenvalue weighted by atomic mass is 79.9. The SMILES string of the molecule is Cc1ccc(C(C)NCc2cc3c(cc2Br)OCO3)s1. The summed E-state index contributed by atoms with van der Waals surface area (Å²) in [5, 5.41) is 3.54. The Morgan fingerprint density at radius 3 is 2.75 bits per heavy atom. The van der Waals surface area contributed by atoms with E-state index in [-0.39, 0.29) is 0 Å². The van der Waals surface area contributed by atoms with Crippen LogP contribution in [0.15, 0.2) is 28.7 Å². The lowest BCUT2D eigenvalue weighted by molar-refractivity contribution is 0.174. The van der Waals surface area contributed by atoms with E-state index in [4.69, 9.17) is 9.47 Å². The van der Waals surface area contributed by atoms with Gasteiger partial charge in [-0.05, 0) is 43.7 Å². The quantitative estimate of drug-likeness (QED) is 0.883. The lowest BCUT2D eigenvalue weighted by Gasteiger charge is -2.13. The molecule has 3 nitrogen and oxygen atoms in total. The lowest BCUT2D eigenvalue weighted by Crippen LogP contribution is -2.17. The molecule has 0 saturated carbocycles. The highest BCUT2D eigenvalue weighted by Gasteiger charge is 2.16. The van der Waals surface area contributed by atoms with Crippen LogP contribution in [0.4, 0.5) is 0 Å². The summed E-state index contributed by atoms with van der Waals surface area (Å²) >= 11 is 5.42. The molecule has 1 atom stereocenters. The molecule has 0 bridgehead atoms. The minimum Gasteiger partial charge on any atom is -0.454 e. The molecule has 1 aliphatic rings. The van der Waals surface area contributed by atoms with Gasteiger partial charge in [0.2, 0.25) is 6.79 Å². The maximum atomic E-state index is 5.42. The number of benzene rings is 1. The van der Waals surface area contributed by atoms with Crippen molar-refractivity contribution in [3.63, 3.8) is 0 Å². The van der Waals surface area contributed by atoms with Gasteiger partial charge in [0, 0.05) is 26.8 Å². The average Bonchev–Trinajstić information content (AvgIpc) is 3.04. The van der Waals surface area contributed by atoms with Gasteiger partial charge in [0.05, 0.1) is 0 Å². The Kier molecular flexibility index (Phi) is 4.01. The third-order valence-corrected chi connectivity index (χ3v) is 5.25. The van der Waals surface area contributed by atoms with Crippen molar-refractivity contribution in [2.75, 3.05) is 6.79 Å². The summed E-state index contributed by atoms with van der Waals surface area (Å²) in [5.74, 6) is 1.63. The summed E-state index contributed by atoms with van der Waals surface area (Å²) in [5.41, 5.74) is 1.18. The Morgan fingerprint density at radius 2 is 2.05 bits per heavy atom. The Hall–Kier alpha value is -1.04. The summed E-state index contributed by atoms with van der Waals surface area (Å²) in [6, 6.07) is 8.69. The van der Waals surface area contributed by atoms with Gasteiger partial charge in [0.1, 0.15) is 0 Å². The second kappa shape index (κ2) is 5.76. The highest BCUT2D eigenvalue weighted by Crippen LogP contribution is 2.37. The normalized spacial score (nSPS) is 14.6. The molecule has 0 fully saturated rings. The van der Waals surface area contributed by atoms with Crippen molar-refractivity contribution in [1.29, 1.82) is 0 Å². The predicted octanol–water partition coefficient (Wildman–Crippen LogP) is 4.40. The zero-order chi connectivity index (χ0) is 14.1. The van der Waals surface area contributed by atoms with Gasteiger partial charge in [-0.1, -0.05) is 15.9 Å². The van der Waals surface area contributed by atoms with Crippen molar-refractivity contribution in [3.05, 3.63) is 44.1 Å². The van der Waals surface area contributed by atoms with Crippen LogP contribution in [0.5, 0.6) is 11.5 Å². The fraction of sp³-hybridized carbons (Fsp3) is 0.333. The number of ether oxygens (including phenoxy) is 2. The maximum Gasteiger partial charge on any atom is 0.231 e. The van der Waals surface area contributed by atoms with E-state index in [1.54, 1.807) is 0 Å². The Balaban J connectivity index is 1.69. The molecule has 0 radical (unpaired) electrons. The molecule has 2 heterocycles. The number of aryl methyl sites for hydroxylation is 1. The van der Waals surface area contributed by atoms with Gasteiger partial charge in [-0.2, -0.15) is 0 Å². The van der Waals surface area contributed by atoms with Gasteiger partial charge in [-0.15, -0.1) is 11.3 Å². The Morgan fingerprint density at radius 1 is 1.30 bits per heavy atom.